The zero-order valence-corrected chi connectivity index (χ0v) is 9.51. The van der Waals surface area contributed by atoms with E-state index in [1.54, 1.807) is 42.5 Å². The van der Waals surface area contributed by atoms with Gasteiger partial charge in [-0.05, 0) is 18.2 Å². The Labute approximate surface area is 104 Å². The van der Waals surface area contributed by atoms with Gasteiger partial charge in [-0.25, -0.2) is 9.82 Å². The lowest BCUT2D eigenvalue weighted by Gasteiger charge is -1.99. The third-order valence-electron chi connectivity index (χ3n) is 2.31. The molecule has 2 aromatic carbocycles. The standard InChI is InChI=1S/C14H11FN2O/c15-13-9-5-4-8-12(13)10-16-17-14(18)11-6-2-1-3-7-11/h1-10H,(H,17,18)/b16-10+. The third kappa shape index (κ3) is 3.01. The van der Waals surface area contributed by atoms with Crippen molar-refractivity contribution in [3.63, 3.8) is 0 Å². The van der Waals surface area contributed by atoms with Crippen molar-refractivity contribution in [1.82, 2.24) is 5.43 Å². The van der Waals surface area contributed by atoms with E-state index < -0.39 is 0 Å². The molecular formula is C14H11FN2O. The van der Waals surface area contributed by atoms with Crippen LogP contribution in [0.4, 0.5) is 4.39 Å². The molecule has 2 aromatic rings. The van der Waals surface area contributed by atoms with Crippen LogP contribution in [0.5, 0.6) is 0 Å². The first kappa shape index (κ1) is 12.0. The molecule has 1 amide bonds. The minimum atomic E-state index is -0.379. The van der Waals surface area contributed by atoms with Crippen molar-refractivity contribution in [2.45, 2.75) is 0 Å². The van der Waals surface area contributed by atoms with Gasteiger partial charge in [0, 0.05) is 11.1 Å². The molecule has 0 aliphatic carbocycles. The number of benzene rings is 2. The summed E-state index contributed by atoms with van der Waals surface area (Å²) in [5.41, 5.74) is 3.17. The van der Waals surface area contributed by atoms with Crippen molar-refractivity contribution in [3.05, 3.63) is 71.5 Å². The van der Waals surface area contributed by atoms with Crippen LogP contribution in [0.25, 0.3) is 0 Å². The van der Waals surface area contributed by atoms with E-state index in [1.165, 1.54) is 12.3 Å². The van der Waals surface area contributed by atoms with Crippen LogP contribution in [0.2, 0.25) is 0 Å². The van der Waals surface area contributed by atoms with Crippen LogP contribution in [0.3, 0.4) is 0 Å². The number of hydrogen-bond donors (Lipinski definition) is 1. The molecule has 2 rings (SSSR count). The van der Waals surface area contributed by atoms with Crippen molar-refractivity contribution in [1.29, 1.82) is 0 Å². The number of nitrogens with zero attached hydrogens (tertiary/aromatic N) is 1. The van der Waals surface area contributed by atoms with Crippen LogP contribution in [0.15, 0.2) is 59.7 Å². The van der Waals surface area contributed by atoms with E-state index in [4.69, 9.17) is 0 Å². The van der Waals surface area contributed by atoms with Crippen LogP contribution in [0, 0.1) is 5.82 Å². The summed E-state index contributed by atoms with van der Waals surface area (Å²) in [6.07, 6.45) is 1.27. The Morgan fingerprint density at radius 2 is 1.72 bits per heavy atom. The zero-order chi connectivity index (χ0) is 12.8. The molecule has 0 fully saturated rings. The molecule has 0 aliphatic rings. The normalized spacial score (nSPS) is 10.5. The van der Waals surface area contributed by atoms with Gasteiger partial charge < -0.3 is 0 Å². The average Bonchev–Trinajstić information content (AvgIpc) is 2.42. The molecule has 0 saturated heterocycles. The summed E-state index contributed by atoms with van der Waals surface area (Å²) in [5, 5.41) is 3.71. The van der Waals surface area contributed by atoms with E-state index >= 15 is 0 Å². The fraction of sp³-hybridized carbons (Fsp3) is 0. The van der Waals surface area contributed by atoms with Gasteiger partial charge in [-0.1, -0.05) is 36.4 Å². The number of rotatable bonds is 3. The molecule has 18 heavy (non-hydrogen) atoms. The summed E-state index contributed by atoms with van der Waals surface area (Å²) in [6.45, 7) is 0. The van der Waals surface area contributed by atoms with Crippen LogP contribution in [-0.2, 0) is 0 Å². The van der Waals surface area contributed by atoms with Crippen molar-refractivity contribution >= 4 is 12.1 Å². The zero-order valence-electron chi connectivity index (χ0n) is 9.51. The Hall–Kier alpha value is -2.49. The SMILES string of the molecule is O=C(N/N=C/c1ccccc1F)c1ccccc1. The Kier molecular flexibility index (Phi) is 3.81. The highest BCUT2D eigenvalue weighted by atomic mass is 19.1. The molecule has 0 atom stereocenters. The Balaban J connectivity index is 2.00. The summed E-state index contributed by atoms with van der Waals surface area (Å²) < 4.78 is 13.2. The van der Waals surface area contributed by atoms with Gasteiger partial charge in [-0.15, -0.1) is 0 Å². The van der Waals surface area contributed by atoms with E-state index in [1.807, 2.05) is 6.07 Å². The number of carbonyl (C=O) groups is 1. The second-order valence-electron chi connectivity index (χ2n) is 3.59. The van der Waals surface area contributed by atoms with E-state index in [0.717, 1.165) is 0 Å². The number of halogens is 1. The van der Waals surface area contributed by atoms with Gasteiger partial charge in [0.15, 0.2) is 0 Å². The third-order valence-corrected chi connectivity index (χ3v) is 2.31. The lowest BCUT2D eigenvalue weighted by atomic mass is 10.2. The van der Waals surface area contributed by atoms with Gasteiger partial charge in [0.05, 0.1) is 6.21 Å². The van der Waals surface area contributed by atoms with Gasteiger partial charge in [-0.2, -0.15) is 5.10 Å². The topological polar surface area (TPSA) is 41.5 Å². The highest BCUT2D eigenvalue weighted by Gasteiger charge is 2.02. The maximum atomic E-state index is 13.2. The molecule has 90 valence electrons. The van der Waals surface area contributed by atoms with Crippen molar-refractivity contribution in [2.24, 2.45) is 5.10 Å². The minimum Gasteiger partial charge on any atom is -0.267 e. The molecule has 0 aromatic heterocycles. The Morgan fingerprint density at radius 3 is 2.44 bits per heavy atom. The summed E-state index contributed by atoms with van der Waals surface area (Å²) in [6, 6.07) is 14.9. The van der Waals surface area contributed by atoms with Crippen LogP contribution in [-0.4, -0.2) is 12.1 Å². The second kappa shape index (κ2) is 5.72. The molecule has 0 aliphatic heterocycles. The molecule has 1 N–H and O–H groups in total. The van der Waals surface area contributed by atoms with Gasteiger partial charge in [-0.3, -0.25) is 4.79 Å². The van der Waals surface area contributed by atoms with Crippen LogP contribution < -0.4 is 5.43 Å². The molecule has 0 saturated carbocycles. The smallest absolute Gasteiger partial charge is 0.267 e. The van der Waals surface area contributed by atoms with Gasteiger partial charge >= 0.3 is 0 Å². The van der Waals surface area contributed by atoms with Crippen LogP contribution in [0.1, 0.15) is 15.9 Å². The van der Waals surface area contributed by atoms with E-state index in [0.29, 0.717) is 11.1 Å². The molecule has 4 heteroatoms. The Bertz CT molecular complexity index is 567. The van der Waals surface area contributed by atoms with Crippen molar-refractivity contribution in [3.8, 4) is 0 Å². The fourth-order valence-electron chi connectivity index (χ4n) is 1.39. The quantitative estimate of drug-likeness (QED) is 0.652. The van der Waals surface area contributed by atoms with E-state index in [9.17, 15) is 9.18 Å². The first-order valence-electron chi connectivity index (χ1n) is 5.40. The maximum absolute atomic E-state index is 13.2. The average molecular weight is 242 g/mol. The Morgan fingerprint density at radius 1 is 1.06 bits per heavy atom. The minimum absolute atomic E-state index is 0.325. The van der Waals surface area contributed by atoms with Crippen molar-refractivity contribution in [2.75, 3.05) is 0 Å². The summed E-state index contributed by atoms with van der Waals surface area (Å²) in [5.74, 6) is -0.710. The first-order valence-corrected chi connectivity index (χ1v) is 5.40. The number of hydrogen-bond acceptors (Lipinski definition) is 2. The number of hydrazone groups is 1. The lowest BCUT2D eigenvalue weighted by Crippen LogP contribution is -2.17. The largest absolute Gasteiger partial charge is 0.271 e. The molecule has 0 radical (unpaired) electrons. The summed E-state index contributed by atoms with van der Waals surface area (Å²) in [4.78, 5) is 11.6. The number of carbonyl (C=O) groups excluding carboxylic acids is 1. The highest BCUT2D eigenvalue weighted by molar-refractivity contribution is 5.94. The maximum Gasteiger partial charge on any atom is 0.271 e. The first-order chi connectivity index (χ1) is 8.77. The van der Waals surface area contributed by atoms with Gasteiger partial charge in [0.25, 0.3) is 5.91 Å². The lowest BCUT2D eigenvalue weighted by molar-refractivity contribution is 0.0955. The molecule has 0 unspecified atom stereocenters. The second-order valence-corrected chi connectivity index (χ2v) is 3.59. The predicted octanol–water partition coefficient (Wildman–Crippen LogP) is 2.59. The molecular weight excluding hydrogens is 231 g/mol. The molecule has 0 heterocycles. The molecule has 0 spiro atoms. The summed E-state index contributed by atoms with van der Waals surface area (Å²) in [7, 11) is 0. The molecule has 3 nitrogen and oxygen atoms in total. The van der Waals surface area contributed by atoms with E-state index in [2.05, 4.69) is 10.5 Å². The summed E-state index contributed by atoms with van der Waals surface area (Å²) >= 11 is 0. The number of nitrogens with one attached hydrogen (secondary N) is 1. The van der Waals surface area contributed by atoms with Gasteiger partial charge in [0.2, 0.25) is 0 Å². The van der Waals surface area contributed by atoms with Gasteiger partial charge in [0.1, 0.15) is 5.82 Å². The number of amides is 1. The predicted molar refractivity (Wildman–Crippen MR) is 67.9 cm³/mol. The molecule has 0 bridgehead atoms. The van der Waals surface area contributed by atoms with E-state index in [-0.39, 0.29) is 11.7 Å². The van der Waals surface area contributed by atoms with Crippen LogP contribution >= 0.6 is 0 Å². The fourth-order valence-corrected chi connectivity index (χ4v) is 1.39. The highest BCUT2D eigenvalue weighted by Crippen LogP contribution is 2.02. The monoisotopic (exact) mass is 242 g/mol. The van der Waals surface area contributed by atoms with Crippen molar-refractivity contribution < 1.29 is 9.18 Å².